The van der Waals surface area contributed by atoms with Gasteiger partial charge in [-0.2, -0.15) is 0 Å². The number of benzene rings is 1. The van der Waals surface area contributed by atoms with Gasteiger partial charge in [0, 0.05) is 24.5 Å². The summed E-state index contributed by atoms with van der Waals surface area (Å²) in [4.78, 5) is 21.9. The molecule has 18 heavy (non-hydrogen) atoms. The molecule has 1 rings (SSSR count). The van der Waals surface area contributed by atoms with Crippen molar-refractivity contribution in [3.8, 4) is 0 Å². The third-order valence-electron chi connectivity index (χ3n) is 2.51. The van der Waals surface area contributed by atoms with Crippen LogP contribution in [-0.4, -0.2) is 24.9 Å². The lowest BCUT2D eigenvalue weighted by Gasteiger charge is -2.14. The van der Waals surface area contributed by atoms with E-state index in [1.54, 1.807) is 24.3 Å². The Bertz CT molecular complexity index is 420. The van der Waals surface area contributed by atoms with E-state index in [4.69, 9.17) is 23.1 Å². The van der Waals surface area contributed by atoms with Crippen LogP contribution in [0.1, 0.15) is 17.9 Å². The maximum absolute atomic E-state index is 11.4. The zero-order valence-corrected chi connectivity index (χ0v) is 10.6. The minimum Gasteiger partial charge on any atom is -0.370 e. The summed E-state index contributed by atoms with van der Waals surface area (Å²) in [6.45, 7) is 0.789. The summed E-state index contributed by atoms with van der Waals surface area (Å²) in [6, 6.07) is 6.92. The number of hydrogen-bond acceptors (Lipinski definition) is 3. The molecule has 0 aromatic heterocycles. The van der Waals surface area contributed by atoms with Gasteiger partial charge in [0.15, 0.2) is 0 Å². The molecule has 0 fully saturated rings. The Morgan fingerprint density at radius 3 is 2.33 bits per heavy atom. The Hall–Kier alpha value is -1.59. The second-order valence-electron chi connectivity index (χ2n) is 3.93. The predicted molar refractivity (Wildman–Crippen MR) is 70.1 cm³/mol. The average Bonchev–Trinajstić information content (AvgIpc) is 2.30. The number of rotatable bonds is 7. The van der Waals surface area contributed by atoms with Crippen LogP contribution in [0.3, 0.4) is 0 Å². The molecule has 0 spiro atoms. The molecule has 5 N–H and O–H groups in total. The van der Waals surface area contributed by atoms with Crippen LogP contribution >= 0.6 is 11.6 Å². The molecule has 0 aliphatic heterocycles. The molecule has 0 aliphatic rings. The van der Waals surface area contributed by atoms with E-state index in [1.165, 1.54) is 0 Å². The summed E-state index contributed by atoms with van der Waals surface area (Å²) in [5, 5.41) is 3.58. The van der Waals surface area contributed by atoms with Crippen LogP contribution in [0, 0.1) is 0 Å². The van der Waals surface area contributed by atoms with Crippen LogP contribution in [0.5, 0.6) is 0 Å². The molecular formula is C12H16ClN3O2. The summed E-state index contributed by atoms with van der Waals surface area (Å²) in [7, 11) is 0. The fourth-order valence-corrected chi connectivity index (χ4v) is 1.66. The lowest BCUT2D eigenvalue weighted by atomic mass is 9.98. The molecule has 0 bridgehead atoms. The monoisotopic (exact) mass is 269 g/mol. The SMILES string of the molecule is NC(=O)CCNC[C@@H](C(N)=O)c1ccc(Cl)cc1. The molecule has 5 nitrogen and oxygen atoms in total. The van der Waals surface area contributed by atoms with E-state index >= 15 is 0 Å². The van der Waals surface area contributed by atoms with Crippen LogP contribution in [0.2, 0.25) is 5.02 Å². The van der Waals surface area contributed by atoms with Crippen molar-refractivity contribution in [1.82, 2.24) is 5.32 Å². The molecule has 0 unspecified atom stereocenters. The molecule has 1 atom stereocenters. The highest BCUT2D eigenvalue weighted by atomic mass is 35.5. The van der Waals surface area contributed by atoms with E-state index in [0.717, 1.165) is 5.56 Å². The van der Waals surface area contributed by atoms with Gasteiger partial charge in [-0.15, -0.1) is 0 Å². The van der Waals surface area contributed by atoms with E-state index in [2.05, 4.69) is 5.32 Å². The first-order valence-corrected chi connectivity index (χ1v) is 5.92. The van der Waals surface area contributed by atoms with Crippen molar-refractivity contribution in [1.29, 1.82) is 0 Å². The Balaban J connectivity index is 2.57. The maximum Gasteiger partial charge on any atom is 0.226 e. The van der Waals surface area contributed by atoms with Crippen molar-refractivity contribution in [3.63, 3.8) is 0 Å². The molecule has 0 radical (unpaired) electrons. The van der Waals surface area contributed by atoms with Crippen LogP contribution < -0.4 is 16.8 Å². The largest absolute Gasteiger partial charge is 0.370 e. The molecule has 0 aliphatic carbocycles. The maximum atomic E-state index is 11.4. The van der Waals surface area contributed by atoms with Crippen molar-refractivity contribution in [3.05, 3.63) is 34.9 Å². The Kier molecular flexibility index (Phi) is 5.61. The van der Waals surface area contributed by atoms with Crippen molar-refractivity contribution < 1.29 is 9.59 Å². The fourth-order valence-electron chi connectivity index (χ4n) is 1.54. The van der Waals surface area contributed by atoms with Crippen LogP contribution in [0.25, 0.3) is 0 Å². The van der Waals surface area contributed by atoms with E-state index in [0.29, 0.717) is 18.1 Å². The van der Waals surface area contributed by atoms with E-state index in [-0.39, 0.29) is 12.3 Å². The Morgan fingerprint density at radius 2 is 1.83 bits per heavy atom. The van der Waals surface area contributed by atoms with Gasteiger partial charge in [-0.05, 0) is 17.7 Å². The molecule has 1 aromatic rings. The second-order valence-corrected chi connectivity index (χ2v) is 4.36. The minimum atomic E-state index is -0.449. The topological polar surface area (TPSA) is 98.2 Å². The summed E-state index contributed by atoms with van der Waals surface area (Å²) in [5.41, 5.74) is 11.1. The smallest absolute Gasteiger partial charge is 0.226 e. The fraction of sp³-hybridized carbons (Fsp3) is 0.333. The molecule has 2 amide bonds. The third kappa shape index (κ3) is 4.73. The molecule has 0 saturated carbocycles. The zero-order chi connectivity index (χ0) is 13.5. The number of halogens is 1. The highest BCUT2D eigenvalue weighted by Gasteiger charge is 2.17. The number of amides is 2. The van der Waals surface area contributed by atoms with Gasteiger partial charge in [0.1, 0.15) is 0 Å². The van der Waals surface area contributed by atoms with Gasteiger partial charge in [0.2, 0.25) is 11.8 Å². The van der Waals surface area contributed by atoms with Gasteiger partial charge in [0.25, 0.3) is 0 Å². The van der Waals surface area contributed by atoms with Crippen molar-refractivity contribution in [2.45, 2.75) is 12.3 Å². The van der Waals surface area contributed by atoms with Crippen LogP contribution in [0.4, 0.5) is 0 Å². The molecule has 0 heterocycles. The highest BCUT2D eigenvalue weighted by Crippen LogP contribution is 2.17. The summed E-state index contributed by atoms with van der Waals surface area (Å²) < 4.78 is 0. The summed E-state index contributed by atoms with van der Waals surface area (Å²) in [5.74, 6) is -1.26. The Morgan fingerprint density at radius 1 is 1.22 bits per heavy atom. The van der Waals surface area contributed by atoms with E-state index < -0.39 is 11.8 Å². The zero-order valence-electron chi connectivity index (χ0n) is 9.86. The lowest BCUT2D eigenvalue weighted by Crippen LogP contribution is -2.32. The standard InChI is InChI=1S/C12H16ClN3O2/c13-9-3-1-8(2-4-9)10(12(15)18)7-16-6-5-11(14)17/h1-4,10,16H,5-7H2,(H2,14,17)(H2,15,18)/t10-/m1/s1. The lowest BCUT2D eigenvalue weighted by molar-refractivity contribution is -0.119. The molecule has 1 aromatic carbocycles. The average molecular weight is 270 g/mol. The van der Waals surface area contributed by atoms with Crippen molar-refractivity contribution in [2.24, 2.45) is 11.5 Å². The first kappa shape index (κ1) is 14.5. The summed E-state index contributed by atoms with van der Waals surface area (Å²) in [6.07, 6.45) is 0.228. The number of carbonyl (C=O) groups excluding carboxylic acids is 2. The number of nitrogens with two attached hydrogens (primary N) is 2. The molecule has 98 valence electrons. The number of primary amides is 2. The van der Waals surface area contributed by atoms with E-state index in [1.807, 2.05) is 0 Å². The van der Waals surface area contributed by atoms with Gasteiger partial charge in [-0.1, -0.05) is 23.7 Å². The highest BCUT2D eigenvalue weighted by molar-refractivity contribution is 6.30. The quantitative estimate of drug-likeness (QED) is 0.624. The van der Waals surface area contributed by atoms with Crippen molar-refractivity contribution in [2.75, 3.05) is 13.1 Å². The second kappa shape index (κ2) is 6.98. The predicted octanol–water partition coefficient (Wildman–Crippen LogP) is 0.374. The number of hydrogen-bond donors (Lipinski definition) is 3. The molecular weight excluding hydrogens is 254 g/mol. The number of nitrogens with one attached hydrogen (secondary N) is 1. The third-order valence-corrected chi connectivity index (χ3v) is 2.76. The van der Waals surface area contributed by atoms with Gasteiger partial charge >= 0.3 is 0 Å². The van der Waals surface area contributed by atoms with Crippen LogP contribution in [-0.2, 0) is 9.59 Å². The van der Waals surface area contributed by atoms with Gasteiger partial charge in [0.05, 0.1) is 5.92 Å². The van der Waals surface area contributed by atoms with Gasteiger partial charge < -0.3 is 16.8 Å². The van der Waals surface area contributed by atoms with Crippen molar-refractivity contribution >= 4 is 23.4 Å². The van der Waals surface area contributed by atoms with Gasteiger partial charge in [-0.25, -0.2) is 0 Å². The summed E-state index contributed by atoms with van der Waals surface area (Å²) >= 11 is 5.77. The van der Waals surface area contributed by atoms with Gasteiger partial charge in [-0.3, -0.25) is 9.59 Å². The minimum absolute atomic E-state index is 0.228. The first-order chi connectivity index (χ1) is 8.50. The number of carbonyl (C=O) groups is 2. The molecule has 6 heteroatoms. The normalized spacial score (nSPS) is 12.1. The van der Waals surface area contributed by atoms with E-state index in [9.17, 15) is 9.59 Å². The van der Waals surface area contributed by atoms with Crippen LogP contribution in [0.15, 0.2) is 24.3 Å². The first-order valence-electron chi connectivity index (χ1n) is 5.54. The molecule has 0 saturated heterocycles. The Labute approximate surface area is 110 Å².